The lowest BCUT2D eigenvalue weighted by atomic mass is 10.1. The fraction of sp³-hybridized carbons (Fsp3) is 0.185. The van der Waals surface area contributed by atoms with Crippen molar-refractivity contribution in [1.82, 2.24) is 9.66 Å². The van der Waals surface area contributed by atoms with Crippen molar-refractivity contribution in [2.24, 2.45) is 5.10 Å². The molecule has 11 heteroatoms. The zero-order valence-corrected chi connectivity index (χ0v) is 22.2. The summed E-state index contributed by atoms with van der Waals surface area (Å²) in [6, 6.07) is 18.3. The second-order valence-corrected chi connectivity index (χ2v) is 9.37. The zero-order valence-electron chi connectivity index (χ0n) is 20.6. The first kappa shape index (κ1) is 26.7. The fourth-order valence-electron chi connectivity index (χ4n) is 3.70. The number of rotatable bonds is 9. The number of nitrogens with one attached hydrogen (secondary N) is 1. The molecule has 0 saturated carbocycles. The van der Waals surface area contributed by atoms with Gasteiger partial charge in [-0.25, -0.2) is 4.98 Å². The molecule has 38 heavy (non-hydrogen) atoms. The van der Waals surface area contributed by atoms with E-state index in [0.717, 1.165) is 4.47 Å². The average Bonchev–Trinajstić information content (AvgIpc) is 2.91. The van der Waals surface area contributed by atoms with Gasteiger partial charge in [0.2, 0.25) is 5.75 Å². The lowest BCUT2D eigenvalue weighted by molar-refractivity contribution is -0.385. The van der Waals surface area contributed by atoms with Gasteiger partial charge in [-0.15, -0.1) is 0 Å². The van der Waals surface area contributed by atoms with Crippen molar-refractivity contribution in [2.45, 2.75) is 26.2 Å². The number of para-hydroxylation sites is 2. The molecule has 1 amide bonds. The Balaban J connectivity index is 1.72. The Bertz CT molecular complexity index is 1590. The van der Waals surface area contributed by atoms with Crippen LogP contribution in [0.3, 0.4) is 0 Å². The van der Waals surface area contributed by atoms with Crippen LogP contribution in [-0.4, -0.2) is 33.3 Å². The van der Waals surface area contributed by atoms with Crippen molar-refractivity contribution >= 4 is 50.3 Å². The largest absolute Gasteiger partial charge is 0.476 e. The maximum absolute atomic E-state index is 13.4. The van der Waals surface area contributed by atoms with E-state index in [2.05, 4.69) is 31.3 Å². The van der Waals surface area contributed by atoms with Crippen molar-refractivity contribution in [1.29, 1.82) is 0 Å². The summed E-state index contributed by atoms with van der Waals surface area (Å²) in [5.41, 5.74) is 0.624. The maximum atomic E-state index is 13.4. The number of nitro groups is 1. The number of ether oxygens (including phenoxy) is 1. The van der Waals surface area contributed by atoms with Gasteiger partial charge in [-0.1, -0.05) is 54.0 Å². The van der Waals surface area contributed by atoms with Gasteiger partial charge in [-0.3, -0.25) is 19.7 Å². The molecule has 0 aliphatic rings. The van der Waals surface area contributed by atoms with Crippen LogP contribution in [0.15, 0.2) is 81.1 Å². The molecular formula is C27H24BrN5O5. The van der Waals surface area contributed by atoms with Gasteiger partial charge in [0.25, 0.3) is 11.5 Å². The number of aromatic nitrogens is 2. The number of nitro benzene ring substituents is 1. The van der Waals surface area contributed by atoms with E-state index in [1.807, 2.05) is 26.0 Å². The molecule has 1 atom stereocenters. The Hall–Kier alpha value is -4.38. The number of benzene rings is 3. The molecule has 0 saturated heterocycles. The number of carbonyl (C=O) groups is 1. The third-order valence-electron chi connectivity index (χ3n) is 5.83. The Kier molecular flexibility index (Phi) is 8.27. The highest BCUT2D eigenvalue weighted by atomic mass is 79.9. The molecular weight excluding hydrogens is 554 g/mol. The highest BCUT2D eigenvalue weighted by molar-refractivity contribution is 9.10. The first-order valence-electron chi connectivity index (χ1n) is 11.8. The van der Waals surface area contributed by atoms with Crippen molar-refractivity contribution in [3.05, 3.63) is 103 Å². The molecule has 0 unspecified atom stereocenters. The van der Waals surface area contributed by atoms with E-state index in [9.17, 15) is 19.7 Å². The van der Waals surface area contributed by atoms with Crippen molar-refractivity contribution in [2.75, 3.05) is 11.9 Å². The summed E-state index contributed by atoms with van der Waals surface area (Å²) in [7, 11) is 0. The molecule has 0 fully saturated rings. The van der Waals surface area contributed by atoms with Crippen LogP contribution in [0.4, 0.5) is 11.4 Å². The number of nitrogens with zero attached hydrogens (tertiary/aromatic N) is 4. The van der Waals surface area contributed by atoms with Crippen molar-refractivity contribution in [3.63, 3.8) is 0 Å². The van der Waals surface area contributed by atoms with Crippen LogP contribution in [0.1, 0.15) is 37.6 Å². The van der Waals surface area contributed by atoms with Crippen LogP contribution >= 0.6 is 15.9 Å². The number of halogens is 1. The van der Waals surface area contributed by atoms with Gasteiger partial charge < -0.3 is 10.1 Å². The molecule has 1 N–H and O–H groups in total. The predicted molar refractivity (Wildman–Crippen MR) is 149 cm³/mol. The number of anilines is 1. The van der Waals surface area contributed by atoms with Gasteiger partial charge in [0.1, 0.15) is 5.82 Å². The quantitative estimate of drug-likeness (QED) is 0.159. The second kappa shape index (κ2) is 11.8. The van der Waals surface area contributed by atoms with E-state index in [0.29, 0.717) is 28.8 Å². The van der Waals surface area contributed by atoms with Gasteiger partial charge in [-0.05, 0) is 42.8 Å². The van der Waals surface area contributed by atoms with Gasteiger partial charge in [0.15, 0.2) is 6.61 Å². The van der Waals surface area contributed by atoms with Crippen LogP contribution in [0, 0.1) is 10.1 Å². The van der Waals surface area contributed by atoms with E-state index in [4.69, 9.17) is 4.74 Å². The third kappa shape index (κ3) is 5.94. The van der Waals surface area contributed by atoms with E-state index in [1.165, 1.54) is 23.0 Å². The van der Waals surface area contributed by atoms with E-state index in [1.54, 1.807) is 42.5 Å². The van der Waals surface area contributed by atoms with Gasteiger partial charge in [0.05, 0.1) is 22.0 Å². The Morgan fingerprint density at radius 1 is 1.21 bits per heavy atom. The summed E-state index contributed by atoms with van der Waals surface area (Å²) in [5, 5.41) is 19.1. The summed E-state index contributed by atoms with van der Waals surface area (Å²) in [4.78, 5) is 41.6. The lowest BCUT2D eigenvalue weighted by Crippen LogP contribution is -2.24. The van der Waals surface area contributed by atoms with Gasteiger partial charge in [0, 0.05) is 27.7 Å². The highest BCUT2D eigenvalue weighted by Crippen LogP contribution is 2.30. The molecule has 10 nitrogen and oxygen atoms in total. The predicted octanol–water partition coefficient (Wildman–Crippen LogP) is 5.48. The van der Waals surface area contributed by atoms with Gasteiger partial charge >= 0.3 is 5.69 Å². The third-order valence-corrected chi connectivity index (χ3v) is 6.32. The second-order valence-electron chi connectivity index (χ2n) is 8.46. The molecule has 0 spiro atoms. The summed E-state index contributed by atoms with van der Waals surface area (Å²) in [6.07, 6.45) is 2.02. The summed E-state index contributed by atoms with van der Waals surface area (Å²) >= 11 is 3.38. The first-order valence-corrected chi connectivity index (χ1v) is 12.6. The topological polar surface area (TPSA) is 129 Å². The Labute approximate surface area is 226 Å². The molecule has 3 aromatic carbocycles. The molecule has 0 bridgehead atoms. The maximum Gasteiger partial charge on any atom is 0.311 e. The number of hydrogen-bond donors (Lipinski definition) is 1. The summed E-state index contributed by atoms with van der Waals surface area (Å²) in [5.74, 6) is -0.259. The van der Waals surface area contributed by atoms with Crippen LogP contribution < -0.4 is 15.6 Å². The minimum Gasteiger partial charge on any atom is -0.476 e. The minimum absolute atomic E-state index is 0.0876. The molecule has 0 aliphatic heterocycles. The Morgan fingerprint density at radius 2 is 1.97 bits per heavy atom. The molecule has 1 heterocycles. The molecule has 194 valence electrons. The zero-order chi connectivity index (χ0) is 27.2. The van der Waals surface area contributed by atoms with Gasteiger partial charge in [-0.2, -0.15) is 9.78 Å². The standard InChI is InChI=1S/C27H24BrN5O5/c1-3-17(2)26-31-22-13-12-19(28)14-21(22)27(35)32(26)29-15-18-8-7-11-23(33(36)37)25(18)38-16-24(34)30-20-9-5-4-6-10-20/h4-15,17H,3,16H2,1-2H3,(H,30,34)/t17-/m1/s1. The van der Waals surface area contributed by atoms with Crippen LogP contribution in [0.5, 0.6) is 5.75 Å². The minimum atomic E-state index is -0.604. The molecule has 4 rings (SSSR count). The highest BCUT2D eigenvalue weighted by Gasteiger charge is 2.21. The van der Waals surface area contributed by atoms with Crippen LogP contribution in [0.25, 0.3) is 10.9 Å². The van der Waals surface area contributed by atoms with E-state index >= 15 is 0 Å². The SMILES string of the molecule is CC[C@@H](C)c1nc2ccc(Br)cc2c(=O)n1N=Cc1cccc([N+](=O)[O-])c1OCC(=O)Nc1ccccc1. The van der Waals surface area contributed by atoms with E-state index < -0.39 is 17.4 Å². The average molecular weight is 578 g/mol. The molecule has 0 aliphatic carbocycles. The molecule has 4 aromatic rings. The smallest absolute Gasteiger partial charge is 0.311 e. The number of carbonyl (C=O) groups excluding carboxylic acids is 1. The first-order chi connectivity index (χ1) is 18.3. The van der Waals surface area contributed by atoms with E-state index in [-0.39, 0.29) is 28.5 Å². The molecule has 1 aromatic heterocycles. The summed E-state index contributed by atoms with van der Waals surface area (Å²) < 4.78 is 7.54. The normalized spacial score (nSPS) is 12.0. The van der Waals surface area contributed by atoms with Crippen molar-refractivity contribution in [3.8, 4) is 5.75 Å². The van der Waals surface area contributed by atoms with Crippen LogP contribution in [0.2, 0.25) is 0 Å². The van der Waals surface area contributed by atoms with Crippen LogP contribution in [-0.2, 0) is 4.79 Å². The fourth-order valence-corrected chi connectivity index (χ4v) is 4.06. The molecule has 0 radical (unpaired) electrons. The number of hydrogen-bond acceptors (Lipinski definition) is 7. The monoisotopic (exact) mass is 577 g/mol. The Morgan fingerprint density at radius 3 is 2.68 bits per heavy atom. The van der Waals surface area contributed by atoms with Crippen molar-refractivity contribution < 1.29 is 14.5 Å². The summed E-state index contributed by atoms with van der Waals surface area (Å²) in [6.45, 7) is 3.44. The number of fused-ring (bicyclic) bond motifs is 1. The number of amides is 1. The lowest BCUT2D eigenvalue weighted by Gasteiger charge is -2.14.